The minimum absolute atomic E-state index is 0.109. The molecule has 154 valence electrons. The maximum atomic E-state index is 13.1. The molecule has 0 aromatic carbocycles. The summed E-state index contributed by atoms with van der Waals surface area (Å²) in [6.07, 6.45) is 5.01. The van der Waals surface area contributed by atoms with Gasteiger partial charge in [0.1, 0.15) is 12.0 Å². The van der Waals surface area contributed by atoms with Crippen LogP contribution in [0.25, 0.3) is 28.0 Å². The van der Waals surface area contributed by atoms with E-state index in [4.69, 9.17) is 9.15 Å². The lowest BCUT2D eigenvalue weighted by atomic mass is 10.1. The summed E-state index contributed by atoms with van der Waals surface area (Å²) in [6, 6.07) is 8.10. The SMILES string of the molecule is O=C(NCCN1CCOCC1)c1cc2ccc(-c3ccsc3)cn2c1-c1cocn1. The van der Waals surface area contributed by atoms with E-state index in [2.05, 4.69) is 38.1 Å². The first-order valence-electron chi connectivity index (χ1n) is 9.94. The van der Waals surface area contributed by atoms with E-state index in [1.165, 1.54) is 6.39 Å². The fraction of sp³-hybridized carbons (Fsp3) is 0.273. The Morgan fingerprint density at radius 2 is 2.10 bits per heavy atom. The summed E-state index contributed by atoms with van der Waals surface area (Å²) in [5.74, 6) is -0.109. The first-order chi connectivity index (χ1) is 14.8. The predicted octanol–water partition coefficient (Wildman–Crippen LogP) is 3.38. The molecule has 0 saturated carbocycles. The number of rotatable bonds is 6. The van der Waals surface area contributed by atoms with Crippen molar-refractivity contribution in [3.05, 3.63) is 59.4 Å². The Hall–Kier alpha value is -2.94. The maximum Gasteiger partial charge on any atom is 0.253 e. The molecule has 30 heavy (non-hydrogen) atoms. The summed E-state index contributed by atoms with van der Waals surface area (Å²) >= 11 is 1.66. The van der Waals surface area contributed by atoms with Crippen LogP contribution in [0.15, 0.2) is 58.3 Å². The minimum atomic E-state index is -0.109. The van der Waals surface area contributed by atoms with Crippen molar-refractivity contribution >= 4 is 22.8 Å². The molecule has 1 aliphatic heterocycles. The molecule has 0 bridgehead atoms. The molecule has 5 heterocycles. The van der Waals surface area contributed by atoms with E-state index in [0.29, 0.717) is 17.8 Å². The molecule has 0 unspecified atom stereocenters. The second-order valence-corrected chi connectivity index (χ2v) is 7.99. The molecule has 1 aliphatic rings. The molecular formula is C22H22N4O3S. The Morgan fingerprint density at radius 1 is 1.20 bits per heavy atom. The van der Waals surface area contributed by atoms with Gasteiger partial charge in [-0.05, 0) is 40.1 Å². The number of carbonyl (C=O) groups is 1. The van der Waals surface area contributed by atoms with Gasteiger partial charge in [0.2, 0.25) is 0 Å². The molecule has 0 atom stereocenters. The number of carbonyl (C=O) groups excluding carboxylic acids is 1. The third-order valence-corrected chi connectivity index (χ3v) is 6.04. The lowest BCUT2D eigenvalue weighted by molar-refractivity contribution is 0.0383. The van der Waals surface area contributed by atoms with E-state index in [-0.39, 0.29) is 5.91 Å². The predicted molar refractivity (Wildman–Crippen MR) is 116 cm³/mol. The van der Waals surface area contributed by atoms with Crippen molar-refractivity contribution in [3.63, 3.8) is 0 Å². The Labute approximate surface area is 177 Å². The molecule has 0 aliphatic carbocycles. The fourth-order valence-corrected chi connectivity index (χ4v) is 4.45. The van der Waals surface area contributed by atoms with Crippen LogP contribution in [-0.4, -0.2) is 59.6 Å². The van der Waals surface area contributed by atoms with Crippen LogP contribution >= 0.6 is 11.3 Å². The number of hydrogen-bond donors (Lipinski definition) is 1. The zero-order valence-corrected chi connectivity index (χ0v) is 17.2. The summed E-state index contributed by atoms with van der Waals surface area (Å²) < 4.78 is 12.6. The summed E-state index contributed by atoms with van der Waals surface area (Å²) in [5, 5.41) is 7.23. The molecule has 1 saturated heterocycles. The van der Waals surface area contributed by atoms with Gasteiger partial charge in [-0.1, -0.05) is 6.07 Å². The summed E-state index contributed by atoms with van der Waals surface area (Å²) in [4.78, 5) is 19.7. The Morgan fingerprint density at radius 3 is 2.87 bits per heavy atom. The smallest absolute Gasteiger partial charge is 0.253 e. The number of hydrogen-bond acceptors (Lipinski definition) is 6. The van der Waals surface area contributed by atoms with Crippen LogP contribution in [0.3, 0.4) is 0 Å². The number of nitrogens with zero attached hydrogens (tertiary/aromatic N) is 3. The van der Waals surface area contributed by atoms with E-state index < -0.39 is 0 Å². The average molecular weight is 423 g/mol. The summed E-state index contributed by atoms with van der Waals surface area (Å²) in [7, 11) is 0. The molecule has 4 aromatic heterocycles. The van der Waals surface area contributed by atoms with Gasteiger partial charge in [-0.2, -0.15) is 11.3 Å². The van der Waals surface area contributed by atoms with Gasteiger partial charge in [-0.3, -0.25) is 9.69 Å². The topological polar surface area (TPSA) is 72.0 Å². The van der Waals surface area contributed by atoms with Gasteiger partial charge < -0.3 is 18.9 Å². The van der Waals surface area contributed by atoms with Crippen molar-refractivity contribution < 1.29 is 13.9 Å². The number of ether oxygens (including phenoxy) is 1. The second-order valence-electron chi connectivity index (χ2n) is 7.21. The number of oxazole rings is 1. The third kappa shape index (κ3) is 3.77. The molecule has 4 aromatic rings. The molecule has 5 rings (SSSR count). The van der Waals surface area contributed by atoms with Gasteiger partial charge in [0.05, 0.1) is 24.5 Å². The highest BCUT2D eigenvalue weighted by Crippen LogP contribution is 2.30. The third-order valence-electron chi connectivity index (χ3n) is 5.36. The molecule has 1 fully saturated rings. The average Bonchev–Trinajstić information content (AvgIpc) is 3.54. The summed E-state index contributed by atoms with van der Waals surface area (Å²) in [5.41, 5.74) is 5.13. The number of amides is 1. The van der Waals surface area contributed by atoms with E-state index in [1.54, 1.807) is 17.6 Å². The number of aromatic nitrogens is 2. The zero-order valence-electron chi connectivity index (χ0n) is 16.4. The van der Waals surface area contributed by atoms with Crippen molar-refractivity contribution in [3.8, 4) is 22.5 Å². The first-order valence-corrected chi connectivity index (χ1v) is 10.9. The monoisotopic (exact) mass is 422 g/mol. The van der Waals surface area contributed by atoms with Crippen LogP contribution in [-0.2, 0) is 4.74 Å². The standard InChI is InChI=1S/C22H22N4O3S/c27-22(23-4-5-25-6-8-28-9-7-25)19-11-18-2-1-16(17-3-10-30-14-17)12-26(18)21(19)20-13-29-15-24-20/h1-3,10-15H,4-9H2,(H,23,27). The second kappa shape index (κ2) is 8.43. The van der Waals surface area contributed by atoms with Gasteiger partial charge in [0.25, 0.3) is 5.91 Å². The van der Waals surface area contributed by atoms with Gasteiger partial charge in [-0.25, -0.2) is 4.98 Å². The van der Waals surface area contributed by atoms with Crippen molar-refractivity contribution in [2.24, 2.45) is 0 Å². The molecule has 8 heteroatoms. The first kappa shape index (κ1) is 19.0. The fourth-order valence-electron chi connectivity index (χ4n) is 3.78. The van der Waals surface area contributed by atoms with E-state index in [9.17, 15) is 4.79 Å². The van der Waals surface area contributed by atoms with Crippen LogP contribution in [0.1, 0.15) is 10.4 Å². The molecule has 0 radical (unpaired) electrons. The maximum absolute atomic E-state index is 13.1. The number of pyridine rings is 1. The molecule has 0 spiro atoms. The largest absolute Gasteiger partial charge is 0.451 e. The minimum Gasteiger partial charge on any atom is -0.451 e. The van der Waals surface area contributed by atoms with E-state index in [1.807, 2.05) is 22.7 Å². The van der Waals surface area contributed by atoms with Crippen molar-refractivity contribution in [2.75, 3.05) is 39.4 Å². The van der Waals surface area contributed by atoms with Crippen molar-refractivity contribution in [2.45, 2.75) is 0 Å². The molecular weight excluding hydrogens is 400 g/mol. The number of fused-ring (bicyclic) bond motifs is 1. The Bertz CT molecular complexity index is 1130. The van der Waals surface area contributed by atoms with Crippen LogP contribution in [0, 0.1) is 0 Å². The summed E-state index contributed by atoms with van der Waals surface area (Å²) in [6.45, 7) is 4.71. The highest BCUT2D eigenvalue weighted by Gasteiger charge is 2.21. The molecule has 7 nitrogen and oxygen atoms in total. The number of thiophene rings is 1. The van der Waals surface area contributed by atoms with Crippen molar-refractivity contribution in [1.29, 1.82) is 0 Å². The normalized spacial score (nSPS) is 14.9. The Balaban J connectivity index is 1.45. The van der Waals surface area contributed by atoms with Gasteiger partial charge in [0.15, 0.2) is 6.39 Å². The van der Waals surface area contributed by atoms with Crippen molar-refractivity contribution in [1.82, 2.24) is 19.6 Å². The number of morpholine rings is 1. The molecule has 1 amide bonds. The van der Waals surface area contributed by atoms with Gasteiger partial charge in [0, 0.05) is 37.9 Å². The van der Waals surface area contributed by atoms with Gasteiger partial charge in [-0.15, -0.1) is 0 Å². The van der Waals surface area contributed by atoms with Crippen LogP contribution in [0.4, 0.5) is 0 Å². The lowest BCUT2D eigenvalue weighted by Crippen LogP contribution is -2.41. The van der Waals surface area contributed by atoms with Crippen LogP contribution < -0.4 is 5.32 Å². The highest BCUT2D eigenvalue weighted by atomic mass is 32.1. The van der Waals surface area contributed by atoms with E-state index in [0.717, 1.165) is 55.2 Å². The van der Waals surface area contributed by atoms with Crippen LogP contribution in [0.5, 0.6) is 0 Å². The lowest BCUT2D eigenvalue weighted by Gasteiger charge is -2.26. The zero-order chi connectivity index (χ0) is 20.3. The quantitative estimate of drug-likeness (QED) is 0.516. The Kier molecular flexibility index (Phi) is 5.35. The van der Waals surface area contributed by atoms with E-state index >= 15 is 0 Å². The number of nitrogens with one attached hydrogen (secondary N) is 1. The van der Waals surface area contributed by atoms with Crippen LogP contribution in [0.2, 0.25) is 0 Å². The van der Waals surface area contributed by atoms with Gasteiger partial charge >= 0.3 is 0 Å². The highest BCUT2D eigenvalue weighted by molar-refractivity contribution is 7.08. The molecule has 1 N–H and O–H groups in total.